The van der Waals surface area contributed by atoms with E-state index >= 15 is 0 Å². The van der Waals surface area contributed by atoms with Crippen molar-refractivity contribution < 1.29 is 18.0 Å². The normalized spacial score (nSPS) is 31.4. The van der Waals surface area contributed by atoms with Crippen molar-refractivity contribution in [2.24, 2.45) is 17.6 Å². The number of alkyl halides is 3. The van der Waals surface area contributed by atoms with Crippen molar-refractivity contribution in [1.82, 2.24) is 20.8 Å². The molecular weight excluding hydrogens is 311 g/mol. The zero-order valence-corrected chi connectivity index (χ0v) is 12.3. The quantitative estimate of drug-likeness (QED) is 0.751. The van der Waals surface area contributed by atoms with Crippen LogP contribution in [0.1, 0.15) is 36.6 Å². The maximum Gasteiger partial charge on any atom is 0.451 e. The Hall–Kier alpha value is -1.74. The third-order valence-electron chi connectivity index (χ3n) is 4.78. The third kappa shape index (κ3) is 3.16. The number of carbonyl (C=O) groups excluding carboxylic acids is 1. The molecule has 9 heteroatoms. The van der Waals surface area contributed by atoms with E-state index < -0.39 is 12.0 Å². The van der Waals surface area contributed by atoms with Gasteiger partial charge < -0.3 is 5.73 Å². The van der Waals surface area contributed by atoms with Crippen LogP contribution in [0.15, 0.2) is 12.4 Å². The Balaban J connectivity index is 1.76. The second kappa shape index (κ2) is 6.04. The number of hydrazine groups is 1. The molecule has 0 aromatic carbocycles. The summed E-state index contributed by atoms with van der Waals surface area (Å²) in [6.07, 6.45) is 0.0397. The molecule has 1 saturated heterocycles. The van der Waals surface area contributed by atoms with Gasteiger partial charge in [0.05, 0.1) is 0 Å². The van der Waals surface area contributed by atoms with E-state index in [1.54, 1.807) is 0 Å². The minimum absolute atomic E-state index is 0.0316. The highest BCUT2D eigenvalue weighted by Crippen LogP contribution is 2.42. The largest absolute Gasteiger partial charge is 0.451 e. The minimum atomic E-state index is -4.54. The number of halogens is 3. The highest BCUT2D eigenvalue weighted by Gasteiger charge is 2.42. The van der Waals surface area contributed by atoms with E-state index in [1.807, 2.05) is 0 Å². The topological polar surface area (TPSA) is 92.9 Å². The zero-order valence-electron chi connectivity index (χ0n) is 12.3. The van der Waals surface area contributed by atoms with E-state index in [-0.39, 0.29) is 29.7 Å². The Bertz CT molecular complexity index is 577. The fraction of sp³-hybridized carbons (Fsp3) is 0.643. The number of nitrogens with one attached hydrogen (secondary N) is 2. The Morgan fingerprint density at radius 3 is 2.57 bits per heavy atom. The van der Waals surface area contributed by atoms with Crippen LogP contribution in [0.25, 0.3) is 0 Å². The zero-order chi connectivity index (χ0) is 16.6. The number of hydrogen-bond acceptors (Lipinski definition) is 5. The Labute approximate surface area is 131 Å². The van der Waals surface area contributed by atoms with E-state index in [2.05, 4.69) is 20.8 Å². The van der Waals surface area contributed by atoms with Gasteiger partial charge in [0, 0.05) is 30.9 Å². The summed E-state index contributed by atoms with van der Waals surface area (Å²) in [5.41, 5.74) is 12.0. The van der Waals surface area contributed by atoms with Gasteiger partial charge in [-0.3, -0.25) is 10.2 Å². The van der Waals surface area contributed by atoms with Gasteiger partial charge in [-0.05, 0) is 36.7 Å². The van der Waals surface area contributed by atoms with Crippen LogP contribution < -0.4 is 16.6 Å². The molecule has 1 aliphatic carbocycles. The molecule has 2 heterocycles. The number of amides is 1. The van der Waals surface area contributed by atoms with Crippen LogP contribution in [0.2, 0.25) is 0 Å². The van der Waals surface area contributed by atoms with Crippen LogP contribution in [0.4, 0.5) is 13.2 Å². The van der Waals surface area contributed by atoms with Crippen molar-refractivity contribution in [3.8, 4) is 0 Å². The van der Waals surface area contributed by atoms with E-state index in [4.69, 9.17) is 5.73 Å². The minimum Gasteiger partial charge on any atom is -0.329 e. The first-order chi connectivity index (χ1) is 10.9. The monoisotopic (exact) mass is 329 g/mol. The predicted molar refractivity (Wildman–Crippen MR) is 74.7 cm³/mol. The van der Waals surface area contributed by atoms with Crippen molar-refractivity contribution in [2.75, 3.05) is 6.54 Å². The molecule has 4 N–H and O–H groups in total. The van der Waals surface area contributed by atoms with Crippen molar-refractivity contribution in [1.29, 1.82) is 0 Å². The third-order valence-corrected chi connectivity index (χ3v) is 4.78. The van der Waals surface area contributed by atoms with Crippen molar-refractivity contribution in [3.63, 3.8) is 0 Å². The average molecular weight is 329 g/mol. The Morgan fingerprint density at radius 1 is 1.26 bits per heavy atom. The van der Waals surface area contributed by atoms with Gasteiger partial charge in [-0.15, -0.1) is 0 Å². The predicted octanol–water partition coefficient (Wildman–Crippen LogP) is 0.957. The Morgan fingerprint density at radius 2 is 1.96 bits per heavy atom. The van der Waals surface area contributed by atoms with E-state index in [1.165, 1.54) is 12.4 Å². The number of fused-ring (bicyclic) bond motifs is 1. The molecule has 23 heavy (non-hydrogen) atoms. The van der Waals surface area contributed by atoms with Gasteiger partial charge in [-0.2, -0.15) is 13.2 Å². The van der Waals surface area contributed by atoms with E-state index in [9.17, 15) is 18.0 Å². The molecule has 4 atom stereocenters. The number of carbonyl (C=O) groups is 1. The van der Waals surface area contributed by atoms with Crippen LogP contribution in [-0.4, -0.2) is 28.5 Å². The maximum absolute atomic E-state index is 12.5. The van der Waals surface area contributed by atoms with Crippen LogP contribution >= 0.6 is 0 Å². The lowest BCUT2D eigenvalue weighted by Gasteiger charge is -2.43. The van der Waals surface area contributed by atoms with Gasteiger partial charge in [0.1, 0.15) is 0 Å². The fourth-order valence-electron chi connectivity index (χ4n) is 3.57. The van der Waals surface area contributed by atoms with Crippen LogP contribution in [0.3, 0.4) is 0 Å². The van der Waals surface area contributed by atoms with Gasteiger partial charge in [0.2, 0.25) is 11.7 Å². The molecule has 6 nitrogen and oxygen atoms in total. The number of aromatic nitrogens is 2. The summed E-state index contributed by atoms with van der Waals surface area (Å²) in [6.45, 7) is 0.387. The standard InChI is InChI=1S/C14H18F3N5O/c15-14(16,17)13-19-5-8(6-20-13)7-1-2-9-10(3-7)11(4-18)21-22-12(9)23/h5-7,9-11,21H,1-4,18H2,(H,22,23). The molecule has 0 spiro atoms. The molecule has 4 unspecified atom stereocenters. The second-order valence-electron chi connectivity index (χ2n) is 6.09. The van der Waals surface area contributed by atoms with Crippen LogP contribution in [-0.2, 0) is 11.0 Å². The lowest BCUT2D eigenvalue weighted by Crippen LogP contribution is -2.62. The summed E-state index contributed by atoms with van der Waals surface area (Å²) in [5.74, 6) is -1.17. The van der Waals surface area contributed by atoms with Gasteiger partial charge in [0.15, 0.2) is 0 Å². The number of hydrogen-bond donors (Lipinski definition) is 3. The summed E-state index contributed by atoms with van der Waals surface area (Å²) in [6, 6.07) is -0.0316. The lowest BCUT2D eigenvalue weighted by atomic mass is 9.68. The van der Waals surface area contributed by atoms with Crippen molar-refractivity contribution in [2.45, 2.75) is 37.4 Å². The maximum atomic E-state index is 12.5. The average Bonchev–Trinajstić information content (AvgIpc) is 2.54. The highest BCUT2D eigenvalue weighted by atomic mass is 19.4. The van der Waals surface area contributed by atoms with Crippen LogP contribution in [0.5, 0.6) is 0 Å². The lowest BCUT2D eigenvalue weighted by molar-refractivity contribution is -0.145. The molecular formula is C14H18F3N5O. The van der Waals surface area contributed by atoms with Gasteiger partial charge >= 0.3 is 6.18 Å². The first-order valence-corrected chi connectivity index (χ1v) is 7.54. The molecule has 1 aromatic heterocycles. The van der Waals surface area contributed by atoms with Gasteiger partial charge in [-0.25, -0.2) is 15.4 Å². The first kappa shape index (κ1) is 16.1. The SMILES string of the molecule is NCC1NNC(=O)C2CCC(c3cnc(C(F)(F)F)nc3)CC12. The van der Waals surface area contributed by atoms with Crippen LogP contribution in [0, 0.1) is 11.8 Å². The summed E-state index contributed by atoms with van der Waals surface area (Å²) >= 11 is 0. The second-order valence-corrected chi connectivity index (χ2v) is 6.09. The first-order valence-electron chi connectivity index (χ1n) is 7.54. The summed E-state index contributed by atoms with van der Waals surface area (Å²) in [5, 5.41) is 0. The fourth-order valence-corrected chi connectivity index (χ4v) is 3.57. The molecule has 0 radical (unpaired) electrons. The Kier molecular flexibility index (Phi) is 4.24. The number of nitrogens with zero attached hydrogens (tertiary/aromatic N) is 2. The van der Waals surface area contributed by atoms with Crippen molar-refractivity contribution in [3.05, 3.63) is 23.8 Å². The number of nitrogens with two attached hydrogens (primary N) is 1. The summed E-state index contributed by atoms with van der Waals surface area (Å²) in [4.78, 5) is 18.8. The molecule has 1 aliphatic heterocycles. The highest BCUT2D eigenvalue weighted by molar-refractivity contribution is 5.79. The molecule has 0 bridgehead atoms. The molecule has 1 aromatic rings. The smallest absolute Gasteiger partial charge is 0.329 e. The molecule has 2 aliphatic rings. The molecule has 126 valence electrons. The van der Waals surface area contributed by atoms with Gasteiger partial charge in [0.25, 0.3) is 0 Å². The molecule has 2 fully saturated rings. The number of rotatable bonds is 2. The molecule has 3 rings (SSSR count). The van der Waals surface area contributed by atoms with Gasteiger partial charge in [-0.1, -0.05) is 0 Å². The summed E-state index contributed by atoms with van der Waals surface area (Å²) in [7, 11) is 0. The molecule has 1 saturated carbocycles. The summed E-state index contributed by atoms with van der Waals surface area (Å²) < 4.78 is 37.6. The van der Waals surface area contributed by atoms with E-state index in [0.717, 1.165) is 6.42 Å². The molecule has 1 amide bonds. The van der Waals surface area contributed by atoms with E-state index in [0.29, 0.717) is 24.9 Å². The van der Waals surface area contributed by atoms with Crippen molar-refractivity contribution >= 4 is 5.91 Å².